The first-order valence-electron chi connectivity index (χ1n) is 6.23. The van der Waals surface area contributed by atoms with Crippen LogP contribution in [0.3, 0.4) is 0 Å². The molecule has 106 valence electrons. The standard InChI is InChI=1S/C14H15ClN2O3/c1-3-16-14(18)13-12(9(2)20-17-13)8-19-11-6-4-5-10(15)7-11/h4-7H,3,8H2,1-2H3,(H,16,18). The molecule has 0 fully saturated rings. The SMILES string of the molecule is CCNC(=O)c1noc(C)c1COc1cccc(Cl)c1. The van der Waals surface area contributed by atoms with Crippen LogP contribution in [0, 0.1) is 6.92 Å². The van der Waals surface area contributed by atoms with Gasteiger partial charge in [-0.25, -0.2) is 0 Å². The molecule has 0 saturated carbocycles. The van der Waals surface area contributed by atoms with Crippen molar-refractivity contribution in [2.45, 2.75) is 20.5 Å². The van der Waals surface area contributed by atoms with E-state index in [1.165, 1.54) is 0 Å². The van der Waals surface area contributed by atoms with E-state index in [1.54, 1.807) is 31.2 Å². The van der Waals surface area contributed by atoms with Gasteiger partial charge in [0.15, 0.2) is 5.69 Å². The predicted octanol–water partition coefficient (Wildman–Crippen LogP) is 2.97. The topological polar surface area (TPSA) is 64.4 Å². The van der Waals surface area contributed by atoms with Gasteiger partial charge in [-0.3, -0.25) is 4.79 Å². The summed E-state index contributed by atoms with van der Waals surface area (Å²) in [6.07, 6.45) is 0. The molecule has 0 atom stereocenters. The molecule has 0 saturated heterocycles. The fourth-order valence-corrected chi connectivity index (χ4v) is 1.88. The lowest BCUT2D eigenvalue weighted by Crippen LogP contribution is -2.24. The number of halogens is 1. The minimum absolute atomic E-state index is 0.197. The Morgan fingerprint density at radius 1 is 1.50 bits per heavy atom. The van der Waals surface area contributed by atoms with Gasteiger partial charge in [-0.05, 0) is 32.0 Å². The lowest BCUT2D eigenvalue weighted by atomic mass is 10.2. The Hall–Kier alpha value is -2.01. The molecule has 1 aromatic carbocycles. The maximum Gasteiger partial charge on any atom is 0.273 e. The predicted molar refractivity (Wildman–Crippen MR) is 75.0 cm³/mol. The molecule has 0 bridgehead atoms. The molecule has 0 aliphatic rings. The van der Waals surface area contributed by atoms with Crippen LogP contribution in [0.5, 0.6) is 5.75 Å². The first-order valence-corrected chi connectivity index (χ1v) is 6.61. The zero-order valence-electron chi connectivity index (χ0n) is 11.3. The van der Waals surface area contributed by atoms with Crippen molar-refractivity contribution in [3.8, 4) is 5.75 Å². The van der Waals surface area contributed by atoms with Crippen molar-refractivity contribution in [3.05, 3.63) is 46.3 Å². The summed E-state index contributed by atoms with van der Waals surface area (Å²) in [7, 11) is 0. The van der Waals surface area contributed by atoms with Crippen molar-refractivity contribution in [1.29, 1.82) is 0 Å². The Kier molecular flexibility index (Phi) is 4.63. The Balaban J connectivity index is 2.13. The molecule has 0 aliphatic heterocycles. The molecule has 0 spiro atoms. The average molecular weight is 295 g/mol. The first-order chi connectivity index (χ1) is 9.61. The highest BCUT2D eigenvalue weighted by Crippen LogP contribution is 2.20. The second kappa shape index (κ2) is 6.43. The van der Waals surface area contributed by atoms with Crippen molar-refractivity contribution < 1.29 is 14.1 Å². The van der Waals surface area contributed by atoms with E-state index >= 15 is 0 Å². The van der Waals surface area contributed by atoms with Gasteiger partial charge < -0.3 is 14.6 Å². The van der Waals surface area contributed by atoms with Crippen molar-refractivity contribution in [3.63, 3.8) is 0 Å². The summed E-state index contributed by atoms with van der Waals surface area (Å²) in [5.41, 5.74) is 0.891. The second-order valence-corrected chi connectivity index (χ2v) is 4.61. The summed E-state index contributed by atoms with van der Waals surface area (Å²) in [6, 6.07) is 7.05. The first kappa shape index (κ1) is 14.4. The van der Waals surface area contributed by atoms with Gasteiger partial charge in [-0.15, -0.1) is 0 Å². The summed E-state index contributed by atoms with van der Waals surface area (Å²) >= 11 is 5.88. The number of carbonyl (C=O) groups is 1. The zero-order chi connectivity index (χ0) is 14.5. The van der Waals surface area contributed by atoms with Crippen molar-refractivity contribution >= 4 is 17.5 Å². The van der Waals surface area contributed by atoms with Crippen LogP contribution in [-0.4, -0.2) is 17.6 Å². The Labute approximate surface area is 121 Å². The van der Waals surface area contributed by atoms with E-state index in [-0.39, 0.29) is 18.2 Å². The number of hydrogen-bond donors (Lipinski definition) is 1. The van der Waals surface area contributed by atoms with E-state index in [0.717, 1.165) is 0 Å². The van der Waals surface area contributed by atoms with Gasteiger partial charge >= 0.3 is 0 Å². The van der Waals surface area contributed by atoms with Crippen LogP contribution in [0.4, 0.5) is 0 Å². The van der Waals surface area contributed by atoms with E-state index in [2.05, 4.69) is 10.5 Å². The summed E-state index contributed by atoms with van der Waals surface area (Å²) in [5, 5.41) is 7.05. The van der Waals surface area contributed by atoms with Gasteiger partial charge in [0.05, 0.1) is 5.56 Å². The molecule has 1 heterocycles. The Morgan fingerprint density at radius 2 is 2.30 bits per heavy atom. The van der Waals surface area contributed by atoms with Crippen molar-refractivity contribution in [2.75, 3.05) is 6.54 Å². The van der Waals surface area contributed by atoms with Crippen LogP contribution in [0.1, 0.15) is 28.7 Å². The van der Waals surface area contributed by atoms with Gasteiger partial charge in [0.1, 0.15) is 18.1 Å². The molecule has 6 heteroatoms. The molecule has 5 nitrogen and oxygen atoms in total. The third-order valence-electron chi connectivity index (χ3n) is 2.72. The maximum absolute atomic E-state index is 11.8. The number of ether oxygens (including phenoxy) is 1. The van der Waals surface area contributed by atoms with Gasteiger partial charge in [0.2, 0.25) is 0 Å². The quantitative estimate of drug-likeness (QED) is 0.921. The summed E-state index contributed by atoms with van der Waals surface area (Å²) in [6.45, 7) is 4.31. The van der Waals surface area contributed by atoms with Crippen LogP contribution in [0.25, 0.3) is 0 Å². The van der Waals surface area contributed by atoms with Crippen LogP contribution in [-0.2, 0) is 6.61 Å². The number of benzene rings is 1. The van der Waals surface area contributed by atoms with Crippen molar-refractivity contribution in [2.24, 2.45) is 0 Å². The van der Waals surface area contributed by atoms with Gasteiger partial charge in [-0.1, -0.05) is 22.8 Å². The second-order valence-electron chi connectivity index (χ2n) is 4.17. The molecular formula is C14H15ClN2O3. The minimum atomic E-state index is -0.269. The summed E-state index contributed by atoms with van der Waals surface area (Å²) in [4.78, 5) is 11.8. The Bertz CT molecular complexity index is 610. The number of nitrogens with zero attached hydrogens (tertiary/aromatic N) is 1. The molecule has 1 aromatic heterocycles. The van der Waals surface area contributed by atoms with Crippen LogP contribution < -0.4 is 10.1 Å². The minimum Gasteiger partial charge on any atom is -0.489 e. The zero-order valence-corrected chi connectivity index (χ0v) is 12.0. The Morgan fingerprint density at radius 3 is 3.00 bits per heavy atom. The molecule has 0 aliphatic carbocycles. The third-order valence-corrected chi connectivity index (χ3v) is 2.95. The number of aromatic nitrogens is 1. The lowest BCUT2D eigenvalue weighted by molar-refractivity contribution is 0.0944. The number of aryl methyl sites for hydroxylation is 1. The fraction of sp³-hybridized carbons (Fsp3) is 0.286. The molecule has 0 unspecified atom stereocenters. The van der Waals surface area contributed by atoms with Crippen LogP contribution in [0.2, 0.25) is 5.02 Å². The number of rotatable bonds is 5. The molecule has 20 heavy (non-hydrogen) atoms. The average Bonchev–Trinajstić information content (AvgIpc) is 2.78. The van der Waals surface area contributed by atoms with E-state index in [4.69, 9.17) is 20.9 Å². The van der Waals surface area contributed by atoms with Gasteiger partial charge in [0, 0.05) is 11.6 Å². The fourth-order valence-electron chi connectivity index (χ4n) is 1.70. The van der Waals surface area contributed by atoms with Crippen molar-refractivity contribution in [1.82, 2.24) is 10.5 Å². The smallest absolute Gasteiger partial charge is 0.273 e. The number of nitrogens with one attached hydrogen (secondary N) is 1. The molecular weight excluding hydrogens is 280 g/mol. The van der Waals surface area contributed by atoms with E-state index < -0.39 is 0 Å². The number of amides is 1. The normalized spacial score (nSPS) is 10.3. The molecule has 1 N–H and O–H groups in total. The van der Waals surface area contributed by atoms with E-state index in [9.17, 15) is 4.79 Å². The number of hydrogen-bond acceptors (Lipinski definition) is 4. The molecule has 2 rings (SSSR count). The lowest BCUT2D eigenvalue weighted by Gasteiger charge is -2.07. The van der Waals surface area contributed by atoms with Gasteiger partial charge in [0.25, 0.3) is 5.91 Å². The van der Waals surface area contributed by atoms with Crippen LogP contribution in [0.15, 0.2) is 28.8 Å². The van der Waals surface area contributed by atoms with Crippen LogP contribution >= 0.6 is 11.6 Å². The van der Waals surface area contributed by atoms with E-state index in [1.807, 2.05) is 6.92 Å². The molecule has 2 aromatic rings. The molecule has 1 amide bonds. The third kappa shape index (κ3) is 3.30. The highest BCUT2D eigenvalue weighted by molar-refractivity contribution is 6.30. The monoisotopic (exact) mass is 294 g/mol. The number of carbonyl (C=O) groups excluding carboxylic acids is 1. The highest BCUT2D eigenvalue weighted by atomic mass is 35.5. The van der Waals surface area contributed by atoms with Gasteiger partial charge in [-0.2, -0.15) is 0 Å². The van der Waals surface area contributed by atoms with E-state index in [0.29, 0.717) is 28.6 Å². The summed E-state index contributed by atoms with van der Waals surface area (Å²) in [5.74, 6) is 0.919. The molecule has 0 radical (unpaired) electrons. The summed E-state index contributed by atoms with van der Waals surface area (Å²) < 4.78 is 10.7. The largest absolute Gasteiger partial charge is 0.489 e. The highest BCUT2D eigenvalue weighted by Gasteiger charge is 2.19. The maximum atomic E-state index is 11.8.